The van der Waals surface area contributed by atoms with Crippen molar-refractivity contribution in [3.8, 4) is 0 Å². The van der Waals surface area contributed by atoms with Crippen LogP contribution in [0.2, 0.25) is 5.02 Å². The number of nitrogens with one attached hydrogen (secondary N) is 1. The maximum atomic E-state index is 11.3. The number of aromatic nitrogens is 1. The average molecular weight is 288 g/mol. The molecule has 1 aliphatic heterocycles. The van der Waals surface area contributed by atoms with Gasteiger partial charge in [-0.15, -0.1) is 11.8 Å². The Bertz CT molecular complexity index is 433. The molecule has 2 unspecified atom stereocenters. The third-order valence-electron chi connectivity index (χ3n) is 2.67. The lowest BCUT2D eigenvalue weighted by molar-refractivity contribution is -0.131. The van der Waals surface area contributed by atoms with Gasteiger partial charge in [0.05, 0.1) is 11.1 Å². The fraction of sp³-hybridized carbons (Fsp3) is 0.455. The third kappa shape index (κ3) is 3.35. The number of hydrogen-bond donors (Lipinski definition) is 2. The van der Waals surface area contributed by atoms with E-state index in [9.17, 15) is 4.79 Å². The van der Waals surface area contributed by atoms with Gasteiger partial charge in [-0.05, 0) is 25.0 Å². The summed E-state index contributed by atoms with van der Waals surface area (Å²) in [6.07, 6.45) is 2.85. The molecule has 0 spiro atoms. The average Bonchev–Trinajstić information content (AvgIpc) is 2.86. The van der Waals surface area contributed by atoms with Crippen LogP contribution < -0.4 is 11.3 Å². The molecule has 0 saturated carbocycles. The van der Waals surface area contributed by atoms with Crippen molar-refractivity contribution in [2.45, 2.75) is 30.1 Å². The van der Waals surface area contributed by atoms with Crippen molar-refractivity contribution in [3.05, 3.63) is 23.4 Å². The minimum atomic E-state index is -0.431. The van der Waals surface area contributed by atoms with E-state index in [1.54, 1.807) is 18.3 Å². The van der Waals surface area contributed by atoms with Crippen LogP contribution in [-0.4, -0.2) is 28.9 Å². The third-order valence-corrected chi connectivity index (χ3v) is 4.23. The van der Waals surface area contributed by atoms with Crippen LogP contribution >= 0.6 is 23.4 Å². The van der Waals surface area contributed by atoms with Crippen molar-refractivity contribution in [3.63, 3.8) is 0 Å². The molecule has 3 N–H and O–H groups in total. The van der Waals surface area contributed by atoms with E-state index in [4.69, 9.17) is 22.2 Å². The number of carbonyl (C=O) groups excluding carboxylic acids is 1. The van der Waals surface area contributed by atoms with E-state index in [0.717, 1.165) is 17.2 Å². The Morgan fingerprint density at radius 1 is 1.67 bits per heavy atom. The van der Waals surface area contributed by atoms with Crippen molar-refractivity contribution in [2.75, 3.05) is 5.75 Å². The first-order valence-corrected chi connectivity index (χ1v) is 6.96. The normalized spacial score (nSPS) is 23.0. The van der Waals surface area contributed by atoms with Crippen LogP contribution in [0.5, 0.6) is 0 Å². The van der Waals surface area contributed by atoms with Gasteiger partial charge in [-0.2, -0.15) is 0 Å². The lowest BCUT2D eigenvalue weighted by Gasteiger charge is -2.12. The van der Waals surface area contributed by atoms with Gasteiger partial charge >= 0.3 is 0 Å². The minimum Gasteiger partial charge on any atom is -0.364 e. The van der Waals surface area contributed by atoms with Gasteiger partial charge in [0.15, 0.2) is 0 Å². The van der Waals surface area contributed by atoms with Gasteiger partial charge in [0, 0.05) is 11.9 Å². The molecule has 2 atom stereocenters. The van der Waals surface area contributed by atoms with Crippen molar-refractivity contribution >= 4 is 29.3 Å². The summed E-state index contributed by atoms with van der Waals surface area (Å²) >= 11 is 7.54. The van der Waals surface area contributed by atoms with Crippen molar-refractivity contribution in [2.24, 2.45) is 5.84 Å². The van der Waals surface area contributed by atoms with E-state index in [1.165, 1.54) is 11.8 Å². The zero-order valence-corrected chi connectivity index (χ0v) is 11.2. The Kier molecular flexibility index (Phi) is 4.82. The largest absolute Gasteiger partial charge is 0.364 e. The predicted molar refractivity (Wildman–Crippen MR) is 70.2 cm³/mol. The molecule has 0 aromatic carbocycles. The molecule has 0 radical (unpaired) electrons. The Morgan fingerprint density at radius 2 is 2.50 bits per heavy atom. The number of thioether (sulfide) groups is 1. The molecule has 2 rings (SSSR count). The second-order valence-corrected chi connectivity index (χ2v) is 5.35. The van der Waals surface area contributed by atoms with Crippen molar-refractivity contribution in [1.82, 2.24) is 10.4 Å². The zero-order valence-electron chi connectivity index (χ0n) is 9.64. The van der Waals surface area contributed by atoms with Gasteiger partial charge in [0.25, 0.3) is 5.91 Å². The van der Waals surface area contributed by atoms with Crippen LogP contribution in [0.1, 0.15) is 12.8 Å². The van der Waals surface area contributed by atoms with Gasteiger partial charge in [0.1, 0.15) is 11.1 Å². The molecule has 0 bridgehead atoms. The zero-order chi connectivity index (χ0) is 13.0. The Morgan fingerprint density at radius 3 is 3.22 bits per heavy atom. The van der Waals surface area contributed by atoms with Crippen molar-refractivity contribution < 1.29 is 9.53 Å². The summed E-state index contributed by atoms with van der Waals surface area (Å²) in [6.45, 7) is 0. The van der Waals surface area contributed by atoms with E-state index >= 15 is 0 Å². The van der Waals surface area contributed by atoms with Gasteiger partial charge in [-0.1, -0.05) is 11.6 Å². The summed E-state index contributed by atoms with van der Waals surface area (Å²) in [7, 11) is 0. The molecule has 5 nitrogen and oxygen atoms in total. The van der Waals surface area contributed by atoms with Crippen LogP contribution in [-0.2, 0) is 9.53 Å². The van der Waals surface area contributed by atoms with Crippen LogP contribution in [0.4, 0.5) is 0 Å². The first-order valence-electron chi connectivity index (χ1n) is 5.60. The molecule has 1 aromatic rings. The second-order valence-electron chi connectivity index (χ2n) is 3.93. The Labute approximate surface area is 114 Å². The highest BCUT2D eigenvalue weighted by Gasteiger charge is 2.30. The number of pyridine rings is 1. The fourth-order valence-corrected chi connectivity index (χ4v) is 2.98. The van der Waals surface area contributed by atoms with Crippen LogP contribution in [0.25, 0.3) is 0 Å². The molecule has 0 aliphatic carbocycles. The summed E-state index contributed by atoms with van der Waals surface area (Å²) in [5.74, 6) is 5.53. The molecule has 1 amide bonds. The summed E-state index contributed by atoms with van der Waals surface area (Å²) in [4.78, 5) is 15.5. The number of carbonyl (C=O) groups is 1. The van der Waals surface area contributed by atoms with E-state index < -0.39 is 6.10 Å². The summed E-state index contributed by atoms with van der Waals surface area (Å²) in [6, 6.07) is 3.59. The molecule has 2 heterocycles. The maximum absolute atomic E-state index is 11.3. The van der Waals surface area contributed by atoms with E-state index in [0.29, 0.717) is 11.4 Å². The van der Waals surface area contributed by atoms with Gasteiger partial charge in [-0.3, -0.25) is 10.2 Å². The van der Waals surface area contributed by atoms with Crippen LogP contribution in [0.3, 0.4) is 0 Å². The minimum absolute atomic E-state index is 0.0374. The molecule has 1 aromatic heterocycles. The first kappa shape index (κ1) is 13.6. The molecule has 18 heavy (non-hydrogen) atoms. The number of nitrogens with zero attached hydrogens (tertiary/aromatic N) is 1. The molecule has 1 saturated heterocycles. The number of hydrogen-bond acceptors (Lipinski definition) is 5. The standard InChI is InChI=1S/C11H14ClN3O2S/c12-8-2-1-5-14-11(8)18-6-7-3-4-9(17-7)10(16)15-13/h1-2,5,7,9H,3-4,6,13H2,(H,15,16). The SMILES string of the molecule is NNC(=O)C1CCC(CSc2ncccc2Cl)O1. The first-order chi connectivity index (χ1) is 8.70. The summed E-state index contributed by atoms with van der Waals surface area (Å²) in [5.41, 5.74) is 2.11. The molecule has 1 fully saturated rings. The molecular weight excluding hydrogens is 274 g/mol. The highest BCUT2D eigenvalue weighted by atomic mass is 35.5. The monoisotopic (exact) mass is 287 g/mol. The van der Waals surface area contributed by atoms with Crippen LogP contribution in [0.15, 0.2) is 23.4 Å². The highest BCUT2D eigenvalue weighted by Crippen LogP contribution is 2.29. The summed E-state index contributed by atoms with van der Waals surface area (Å²) in [5, 5.41) is 1.42. The number of amides is 1. The Hall–Kier alpha value is -0.820. The van der Waals surface area contributed by atoms with Gasteiger partial charge in [0.2, 0.25) is 0 Å². The van der Waals surface area contributed by atoms with E-state index in [-0.39, 0.29) is 12.0 Å². The van der Waals surface area contributed by atoms with E-state index in [2.05, 4.69) is 10.4 Å². The fourth-order valence-electron chi connectivity index (χ4n) is 1.76. The highest BCUT2D eigenvalue weighted by molar-refractivity contribution is 7.99. The predicted octanol–water partition coefficient (Wildman–Crippen LogP) is 1.36. The summed E-state index contributed by atoms with van der Waals surface area (Å²) < 4.78 is 5.59. The van der Waals surface area contributed by atoms with Crippen molar-refractivity contribution in [1.29, 1.82) is 0 Å². The number of hydrazine groups is 1. The lowest BCUT2D eigenvalue weighted by Crippen LogP contribution is -2.39. The van der Waals surface area contributed by atoms with Crippen LogP contribution in [0, 0.1) is 0 Å². The molecule has 98 valence electrons. The van der Waals surface area contributed by atoms with Gasteiger partial charge < -0.3 is 4.74 Å². The van der Waals surface area contributed by atoms with Gasteiger partial charge in [-0.25, -0.2) is 10.8 Å². The van der Waals surface area contributed by atoms with E-state index in [1.807, 2.05) is 0 Å². The molecular formula is C11H14ClN3O2S. The number of rotatable bonds is 4. The quantitative estimate of drug-likeness (QED) is 0.378. The maximum Gasteiger partial charge on any atom is 0.263 e. The topological polar surface area (TPSA) is 77.2 Å². The smallest absolute Gasteiger partial charge is 0.263 e. The Balaban J connectivity index is 1.82. The lowest BCUT2D eigenvalue weighted by atomic mass is 10.2. The molecule has 1 aliphatic rings. The molecule has 7 heteroatoms. The number of halogens is 1. The number of ether oxygens (including phenoxy) is 1. The second kappa shape index (κ2) is 6.38. The number of nitrogens with two attached hydrogens (primary N) is 1.